The van der Waals surface area contributed by atoms with Crippen LogP contribution in [0.2, 0.25) is 0 Å². The van der Waals surface area contributed by atoms with Gasteiger partial charge in [-0.05, 0) is 50.5 Å². The number of thioether (sulfide) groups is 1. The second kappa shape index (κ2) is 8.63. The summed E-state index contributed by atoms with van der Waals surface area (Å²) in [6.45, 7) is 4.50. The molecular weight excluding hydrogens is 308 g/mol. The molecule has 0 aliphatic carbocycles. The van der Waals surface area contributed by atoms with Gasteiger partial charge >= 0.3 is 0 Å². The van der Waals surface area contributed by atoms with Gasteiger partial charge in [-0.3, -0.25) is 0 Å². The summed E-state index contributed by atoms with van der Waals surface area (Å²) in [5, 5.41) is 0. The summed E-state index contributed by atoms with van der Waals surface area (Å²) in [6.07, 6.45) is 2.79. The Hall–Kier alpha value is -0.760. The molecule has 0 amide bonds. The number of rotatable bonds is 9. The molecule has 0 aliphatic rings. The molecule has 0 saturated heterocycles. The van der Waals surface area contributed by atoms with E-state index in [-0.39, 0.29) is 17.5 Å². The van der Waals surface area contributed by atoms with E-state index in [0.717, 1.165) is 12.2 Å². The van der Waals surface area contributed by atoms with Crippen molar-refractivity contribution in [3.05, 3.63) is 23.8 Å². The van der Waals surface area contributed by atoms with Crippen LogP contribution in [0.4, 0.5) is 0 Å². The van der Waals surface area contributed by atoms with Crippen LogP contribution in [0.5, 0.6) is 5.75 Å². The minimum atomic E-state index is -3.52. The number of benzene rings is 1. The van der Waals surface area contributed by atoms with Crippen LogP contribution in [-0.4, -0.2) is 33.1 Å². The standard InChI is InChI=1S/C14H24N2O3S2/c1-4-19-14-6-5-13(9-12(14)10-15)21(17,18)16-11(2)7-8-20-3/h5-6,9,11,16H,4,7-8,10,15H2,1-3H3. The third-order valence-corrected chi connectivity index (χ3v) is 5.20. The van der Waals surface area contributed by atoms with Crippen molar-refractivity contribution in [1.82, 2.24) is 4.72 Å². The van der Waals surface area contributed by atoms with Gasteiger partial charge < -0.3 is 10.5 Å². The van der Waals surface area contributed by atoms with E-state index < -0.39 is 10.0 Å². The van der Waals surface area contributed by atoms with Gasteiger partial charge in [-0.2, -0.15) is 11.8 Å². The van der Waals surface area contributed by atoms with Crippen LogP contribution in [0, 0.1) is 0 Å². The smallest absolute Gasteiger partial charge is 0.240 e. The van der Waals surface area contributed by atoms with Crippen LogP contribution in [-0.2, 0) is 16.6 Å². The number of hydrogen-bond donors (Lipinski definition) is 2. The highest BCUT2D eigenvalue weighted by Gasteiger charge is 2.18. The molecule has 3 N–H and O–H groups in total. The molecule has 0 radical (unpaired) electrons. The summed E-state index contributed by atoms with van der Waals surface area (Å²) in [7, 11) is -3.52. The van der Waals surface area contributed by atoms with Gasteiger partial charge in [-0.1, -0.05) is 0 Å². The average Bonchev–Trinajstić information content (AvgIpc) is 2.45. The third-order valence-electron chi connectivity index (χ3n) is 2.97. The molecule has 120 valence electrons. The van der Waals surface area contributed by atoms with Gasteiger partial charge in [0.05, 0.1) is 11.5 Å². The highest BCUT2D eigenvalue weighted by atomic mass is 32.2. The van der Waals surface area contributed by atoms with Gasteiger partial charge in [0.25, 0.3) is 0 Å². The second-order valence-corrected chi connectivity index (χ2v) is 7.41. The molecule has 21 heavy (non-hydrogen) atoms. The van der Waals surface area contributed by atoms with E-state index in [1.165, 1.54) is 0 Å². The van der Waals surface area contributed by atoms with E-state index in [0.29, 0.717) is 17.9 Å². The monoisotopic (exact) mass is 332 g/mol. The first kappa shape index (κ1) is 18.3. The average molecular weight is 332 g/mol. The van der Waals surface area contributed by atoms with Gasteiger partial charge in [0, 0.05) is 18.2 Å². The van der Waals surface area contributed by atoms with Crippen molar-refractivity contribution in [2.75, 3.05) is 18.6 Å². The Bertz CT molecular complexity index is 547. The van der Waals surface area contributed by atoms with Gasteiger partial charge in [0.1, 0.15) is 5.75 Å². The highest BCUT2D eigenvalue weighted by Crippen LogP contribution is 2.22. The van der Waals surface area contributed by atoms with Crippen molar-refractivity contribution < 1.29 is 13.2 Å². The molecule has 1 unspecified atom stereocenters. The SMILES string of the molecule is CCOc1ccc(S(=O)(=O)NC(C)CCSC)cc1CN. The summed E-state index contributed by atoms with van der Waals surface area (Å²) in [5.41, 5.74) is 6.35. The molecule has 0 bridgehead atoms. The number of hydrogen-bond acceptors (Lipinski definition) is 5. The minimum Gasteiger partial charge on any atom is -0.494 e. The Labute approximate surface area is 131 Å². The van der Waals surface area contributed by atoms with Crippen molar-refractivity contribution >= 4 is 21.8 Å². The first-order valence-electron chi connectivity index (χ1n) is 6.91. The van der Waals surface area contributed by atoms with E-state index in [9.17, 15) is 8.42 Å². The molecule has 0 aliphatic heterocycles. The van der Waals surface area contributed by atoms with Gasteiger partial charge in [-0.15, -0.1) is 0 Å². The maximum absolute atomic E-state index is 12.3. The predicted molar refractivity (Wildman–Crippen MR) is 88.3 cm³/mol. The summed E-state index contributed by atoms with van der Waals surface area (Å²) < 4.78 is 32.8. The van der Waals surface area contributed by atoms with Crippen LogP contribution in [0.1, 0.15) is 25.8 Å². The lowest BCUT2D eigenvalue weighted by Crippen LogP contribution is -2.33. The zero-order chi connectivity index (χ0) is 15.9. The third kappa shape index (κ3) is 5.50. The molecule has 1 rings (SSSR count). The Kier molecular flexibility index (Phi) is 7.51. The number of nitrogens with two attached hydrogens (primary N) is 1. The molecule has 0 heterocycles. The first-order chi connectivity index (χ1) is 9.94. The Morgan fingerprint density at radius 1 is 1.43 bits per heavy atom. The lowest BCUT2D eigenvalue weighted by Gasteiger charge is -2.15. The lowest BCUT2D eigenvalue weighted by molar-refractivity contribution is 0.336. The maximum Gasteiger partial charge on any atom is 0.240 e. The van der Waals surface area contributed by atoms with Crippen LogP contribution in [0.3, 0.4) is 0 Å². The molecule has 5 nitrogen and oxygen atoms in total. The van der Waals surface area contributed by atoms with Crippen LogP contribution < -0.4 is 15.2 Å². The Balaban J connectivity index is 2.92. The van der Waals surface area contributed by atoms with Gasteiger partial charge in [0.15, 0.2) is 0 Å². The summed E-state index contributed by atoms with van der Waals surface area (Å²) >= 11 is 1.70. The molecular formula is C14H24N2O3S2. The highest BCUT2D eigenvalue weighted by molar-refractivity contribution is 7.98. The van der Waals surface area contributed by atoms with E-state index in [1.54, 1.807) is 30.0 Å². The lowest BCUT2D eigenvalue weighted by atomic mass is 10.2. The van der Waals surface area contributed by atoms with Crippen molar-refractivity contribution in [2.24, 2.45) is 5.73 Å². The van der Waals surface area contributed by atoms with Crippen LogP contribution in [0.15, 0.2) is 23.1 Å². The van der Waals surface area contributed by atoms with E-state index >= 15 is 0 Å². The van der Waals surface area contributed by atoms with E-state index in [1.807, 2.05) is 20.1 Å². The van der Waals surface area contributed by atoms with E-state index in [2.05, 4.69) is 4.72 Å². The molecule has 1 atom stereocenters. The fourth-order valence-electron chi connectivity index (χ4n) is 1.87. The molecule has 1 aromatic carbocycles. The zero-order valence-electron chi connectivity index (χ0n) is 12.8. The summed E-state index contributed by atoms with van der Waals surface area (Å²) in [5.74, 6) is 1.55. The maximum atomic E-state index is 12.3. The van der Waals surface area contributed by atoms with Crippen LogP contribution >= 0.6 is 11.8 Å². The quantitative estimate of drug-likeness (QED) is 0.722. The molecule has 0 saturated carbocycles. The fourth-order valence-corrected chi connectivity index (χ4v) is 3.78. The summed E-state index contributed by atoms with van der Waals surface area (Å²) in [6, 6.07) is 4.69. The van der Waals surface area contributed by atoms with Crippen LogP contribution in [0.25, 0.3) is 0 Å². The number of ether oxygens (including phenoxy) is 1. The van der Waals surface area contributed by atoms with Gasteiger partial charge in [0.2, 0.25) is 10.0 Å². The number of nitrogens with one attached hydrogen (secondary N) is 1. The first-order valence-corrected chi connectivity index (χ1v) is 9.79. The van der Waals surface area contributed by atoms with Crippen molar-refractivity contribution in [3.8, 4) is 5.75 Å². The number of sulfonamides is 1. The van der Waals surface area contributed by atoms with Crippen molar-refractivity contribution in [2.45, 2.75) is 37.8 Å². The van der Waals surface area contributed by atoms with E-state index in [4.69, 9.17) is 10.5 Å². The predicted octanol–water partition coefficient (Wildman–Crippen LogP) is 1.96. The second-order valence-electron chi connectivity index (χ2n) is 4.71. The Morgan fingerprint density at radius 2 is 2.14 bits per heavy atom. The van der Waals surface area contributed by atoms with Gasteiger partial charge in [-0.25, -0.2) is 13.1 Å². The Morgan fingerprint density at radius 3 is 2.71 bits per heavy atom. The fraction of sp³-hybridized carbons (Fsp3) is 0.571. The minimum absolute atomic E-state index is 0.102. The topological polar surface area (TPSA) is 81.4 Å². The molecule has 0 fully saturated rings. The summed E-state index contributed by atoms with van der Waals surface area (Å²) in [4.78, 5) is 0.224. The van der Waals surface area contributed by atoms with Crippen molar-refractivity contribution in [3.63, 3.8) is 0 Å². The molecule has 0 spiro atoms. The zero-order valence-corrected chi connectivity index (χ0v) is 14.4. The molecule has 1 aromatic rings. The normalized spacial score (nSPS) is 13.1. The molecule has 7 heteroatoms. The van der Waals surface area contributed by atoms with Crippen molar-refractivity contribution in [1.29, 1.82) is 0 Å². The largest absolute Gasteiger partial charge is 0.494 e. The molecule has 0 aromatic heterocycles.